The van der Waals surface area contributed by atoms with Crippen molar-refractivity contribution in [2.45, 2.75) is 5.41 Å². The van der Waals surface area contributed by atoms with Gasteiger partial charge in [0.1, 0.15) is 0 Å². The second-order valence-corrected chi connectivity index (χ2v) is 12.5. The standard InChI is InChI=1S/C45H28N2O2/c1-4-14-29(15-5-1)44-46-28-36-32(21-12-24-39(36)47-44)34-22-13-25-40-43(34)49-42-27-38-35(26-41(42)48-40)33-20-10-11-23-37(33)45(38,30-16-6-2-7-17-30)31-18-8-3-9-19-31/h1-28H. The quantitative estimate of drug-likeness (QED) is 0.195. The van der Waals surface area contributed by atoms with Gasteiger partial charge in [-0.1, -0.05) is 140 Å². The van der Waals surface area contributed by atoms with E-state index in [2.05, 4.69) is 109 Å². The number of hydrogen-bond donors (Lipinski definition) is 0. The van der Waals surface area contributed by atoms with Crippen LogP contribution in [-0.4, -0.2) is 9.97 Å². The molecule has 0 atom stereocenters. The van der Waals surface area contributed by atoms with Crippen molar-refractivity contribution in [2.24, 2.45) is 0 Å². The minimum absolute atomic E-state index is 0.532. The van der Waals surface area contributed by atoms with Gasteiger partial charge in [-0.3, -0.25) is 0 Å². The van der Waals surface area contributed by atoms with Crippen LogP contribution in [0.3, 0.4) is 0 Å². The maximum Gasteiger partial charge on any atom is 0.177 e. The second kappa shape index (κ2) is 10.8. The fraction of sp³-hybridized carbons (Fsp3) is 0.0222. The molecule has 10 rings (SSSR count). The van der Waals surface area contributed by atoms with Crippen molar-refractivity contribution in [1.29, 1.82) is 0 Å². The van der Waals surface area contributed by atoms with Gasteiger partial charge in [0.15, 0.2) is 28.8 Å². The predicted molar refractivity (Wildman–Crippen MR) is 194 cm³/mol. The lowest BCUT2D eigenvalue weighted by Crippen LogP contribution is -2.28. The van der Waals surface area contributed by atoms with Gasteiger partial charge in [-0.05, 0) is 63.2 Å². The van der Waals surface area contributed by atoms with E-state index in [1.54, 1.807) is 0 Å². The third-order valence-corrected chi connectivity index (χ3v) is 9.88. The largest absolute Gasteiger partial charge is 0.449 e. The van der Waals surface area contributed by atoms with E-state index in [1.165, 1.54) is 27.8 Å². The minimum Gasteiger partial charge on any atom is -0.449 e. The molecule has 0 saturated carbocycles. The number of nitrogens with zero attached hydrogens (tertiary/aromatic N) is 2. The van der Waals surface area contributed by atoms with Crippen molar-refractivity contribution in [3.63, 3.8) is 0 Å². The van der Waals surface area contributed by atoms with Gasteiger partial charge in [-0.15, -0.1) is 0 Å². The second-order valence-electron chi connectivity index (χ2n) is 12.5. The van der Waals surface area contributed by atoms with E-state index in [4.69, 9.17) is 19.4 Å². The van der Waals surface area contributed by atoms with E-state index in [9.17, 15) is 0 Å². The highest BCUT2D eigenvalue weighted by Gasteiger charge is 2.47. The predicted octanol–water partition coefficient (Wildman–Crippen LogP) is 11.2. The lowest BCUT2D eigenvalue weighted by atomic mass is 9.67. The van der Waals surface area contributed by atoms with E-state index < -0.39 is 5.41 Å². The third-order valence-electron chi connectivity index (χ3n) is 9.88. The van der Waals surface area contributed by atoms with Gasteiger partial charge in [-0.25, -0.2) is 9.97 Å². The molecule has 1 aliphatic carbocycles. The summed E-state index contributed by atoms with van der Waals surface area (Å²) in [6.07, 6.45) is 1.91. The number of rotatable bonds is 4. The number of fused-ring (bicyclic) bond motifs is 6. The molecule has 49 heavy (non-hydrogen) atoms. The van der Waals surface area contributed by atoms with Gasteiger partial charge in [0.2, 0.25) is 0 Å². The minimum atomic E-state index is -0.532. The van der Waals surface area contributed by atoms with Crippen LogP contribution in [0.4, 0.5) is 0 Å². The fourth-order valence-corrected chi connectivity index (χ4v) is 7.77. The maximum absolute atomic E-state index is 6.93. The molecule has 2 heterocycles. The fourth-order valence-electron chi connectivity index (χ4n) is 7.77. The first kappa shape index (κ1) is 27.6. The Morgan fingerprint density at radius 1 is 0.449 bits per heavy atom. The molecule has 0 fully saturated rings. The third kappa shape index (κ3) is 4.11. The van der Waals surface area contributed by atoms with Gasteiger partial charge >= 0.3 is 0 Å². The lowest BCUT2D eigenvalue weighted by molar-refractivity contribution is 0.360. The molecule has 4 heteroatoms. The Hall–Kier alpha value is -6.52. The highest BCUT2D eigenvalue weighted by atomic mass is 16.6. The number of hydrogen-bond acceptors (Lipinski definition) is 4. The Balaban J connectivity index is 1.15. The molecule has 1 aliphatic heterocycles. The molecule has 0 radical (unpaired) electrons. The summed E-state index contributed by atoms with van der Waals surface area (Å²) in [6.45, 7) is 0. The lowest BCUT2D eigenvalue weighted by Gasteiger charge is -2.34. The molecule has 0 bridgehead atoms. The number of aromatic nitrogens is 2. The molecule has 230 valence electrons. The zero-order chi connectivity index (χ0) is 32.4. The van der Waals surface area contributed by atoms with E-state index in [-0.39, 0.29) is 0 Å². The number of ether oxygens (including phenoxy) is 2. The Labute approximate surface area is 283 Å². The first-order chi connectivity index (χ1) is 24.3. The summed E-state index contributed by atoms with van der Waals surface area (Å²) in [5.74, 6) is 3.43. The molecule has 2 aliphatic rings. The van der Waals surface area contributed by atoms with Crippen LogP contribution in [0, 0.1) is 0 Å². The highest BCUT2D eigenvalue weighted by molar-refractivity contribution is 5.97. The molecule has 7 aromatic carbocycles. The van der Waals surface area contributed by atoms with E-state index in [0.717, 1.165) is 33.2 Å². The normalized spacial score (nSPS) is 13.4. The smallest absolute Gasteiger partial charge is 0.177 e. The van der Waals surface area contributed by atoms with Crippen LogP contribution in [-0.2, 0) is 5.41 Å². The SMILES string of the molecule is c1ccc(-c2ncc3c(-c4cccc5c4Oc4cc6c(cc4O5)-c4ccccc4C6(c4ccccc4)c4ccccc4)cccc3n2)cc1. The molecular formula is C45H28N2O2. The monoisotopic (exact) mass is 628 g/mol. The molecule has 0 amide bonds. The van der Waals surface area contributed by atoms with Crippen molar-refractivity contribution in [3.8, 4) is 56.6 Å². The Kier molecular flexibility index (Phi) is 6.06. The Morgan fingerprint density at radius 3 is 1.86 bits per heavy atom. The molecule has 0 saturated heterocycles. The van der Waals surface area contributed by atoms with Crippen LogP contribution in [0.2, 0.25) is 0 Å². The van der Waals surface area contributed by atoms with Crippen molar-refractivity contribution >= 4 is 10.9 Å². The molecule has 0 unspecified atom stereocenters. The summed E-state index contributed by atoms with van der Waals surface area (Å²) < 4.78 is 13.6. The molecule has 1 aromatic heterocycles. The molecule has 4 nitrogen and oxygen atoms in total. The highest BCUT2D eigenvalue weighted by Crippen LogP contribution is 2.60. The number of para-hydroxylation sites is 1. The van der Waals surface area contributed by atoms with Crippen LogP contribution >= 0.6 is 0 Å². The Morgan fingerprint density at radius 2 is 1.08 bits per heavy atom. The van der Waals surface area contributed by atoms with Gasteiger partial charge in [0, 0.05) is 22.7 Å². The van der Waals surface area contributed by atoms with Gasteiger partial charge in [0.25, 0.3) is 0 Å². The molecule has 0 spiro atoms. The number of benzene rings is 7. The van der Waals surface area contributed by atoms with Crippen LogP contribution in [0.5, 0.6) is 23.0 Å². The van der Waals surface area contributed by atoms with E-state index in [1.807, 2.05) is 60.8 Å². The van der Waals surface area contributed by atoms with E-state index >= 15 is 0 Å². The zero-order valence-corrected chi connectivity index (χ0v) is 26.4. The first-order valence-corrected chi connectivity index (χ1v) is 16.5. The van der Waals surface area contributed by atoms with Gasteiger partial charge in [0.05, 0.1) is 10.9 Å². The first-order valence-electron chi connectivity index (χ1n) is 16.5. The summed E-state index contributed by atoms with van der Waals surface area (Å²) in [6, 6.07) is 56.9. The topological polar surface area (TPSA) is 44.2 Å². The van der Waals surface area contributed by atoms with Crippen LogP contribution in [0.1, 0.15) is 22.3 Å². The van der Waals surface area contributed by atoms with Crippen LogP contribution in [0.25, 0.3) is 44.5 Å². The van der Waals surface area contributed by atoms with Crippen molar-refractivity contribution < 1.29 is 9.47 Å². The average Bonchev–Trinajstić information content (AvgIpc) is 3.46. The van der Waals surface area contributed by atoms with Gasteiger partial charge in [-0.2, -0.15) is 0 Å². The van der Waals surface area contributed by atoms with Crippen molar-refractivity contribution in [3.05, 3.63) is 192 Å². The summed E-state index contributed by atoms with van der Waals surface area (Å²) in [5, 5.41) is 0.946. The summed E-state index contributed by atoms with van der Waals surface area (Å²) in [4.78, 5) is 9.69. The Bertz CT molecular complexity index is 2510. The summed E-state index contributed by atoms with van der Waals surface area (Å²) in [5.41, 5.74) is 10.4. The average molecular weight is 629 g/mol. The maximum atomic E-state index is 6.93. The van der Waals surface area contributed by atoms with E-state index in [0.29, 0.717) is 28.8 Å². The summed E-state index contributed by atoms with van der Waals surface area (Å²) in [7, 11) is 0. The van der Waals surface area contributed by atoms with Gasteiger partial charge < -0.3 is 9.47 Å². The van der Waals surface area contributed by atoms with Crippen LogP contribution < -0.4 is 9.47 Å². The van der Waals surface area contributed by atoms with Crippen molar-refractivity contribution in [2.75, 3.05) is 0 Å². The molecular weight excluding hydrogens is 601 g/mol. The van der Waals surface area contributed by atoms with Crippen molar-refractivity contribution in [1.82, 2.24) is 9.97 Å². The van der Waals surface area contributed by atoms with Crippen LogP contribution in [0.15, 0.2) is 170 Å². The molecule has 0 N–H and O–H groups in total. The molecule has 8 aromatic rings. The summed E-state index contributed by atoms with van der Waals surface area (Å²) >= 11 is 0. The zero-order valence-electron chi connectivity index (χ0n) is 26.4.